The van der Waals surface area contributed by atoms with E-state index in [2.05, 4.69) is 0 Å². The molecule has 0 aliphatic rings. The molecule has 1 heterocycles. The molecule has 0 aliphatic heterocycles. The van der Waals surface area contributed by atoms with Crippen molar-refractivity contribution in [1.29, 1.82) is 0 Å². The Bertz CT molecular complexity index is 975. The van der Waals surface area contributed by atoms with Gasteiger partial charge < -0.3 is 4.57 Å². The van der Waals surface area contributed by atoms with Crippen LogP contribution in [0.25, 0.3) is 22.3 Å². The standard InChI is InChI=1S/C19H13ClF3NO/c1-24-10-16(12-5-7-14(8-6-12)19(21,22)23)18(25)17(11-24)13-3-2-4-15(20)9-13/h2-11H,1H3. The van der Waals surface area contributed by atoms with Crippen LogP contribution in [0.5, 0.6) is 0 Å². The van der Waals surface area contributed by atoms with Crippen molar-refractivity contribution in [2.24, 2.45) is 7.05 Å². The van der Waals surface area contributed by atoms with Crippen molar-refractivity contribution in [3.63, 3.8) is 0 Å². The molecule has 0 N–H and O–H groups in total. The van der Waals surface area contributed by atoms with Crippen LogP contribution in [-0.2, 0) is 13.2 Å². The van der Waals surface area contributed by atoms with Gasteiger partial charge in [-0.25, -0.2) is 0 Å². The Morgan fingerprint density at radius 3 is 2.08 bits per heavy atom. The van der Waals surface area contributed by atoms with E-state index in [-0.39, 0.29) is 5.43 Å². The van der Waals surface area contributed by atoms with E-state index in [4.69, 9.17) is 11.6 Å². The van der Waals surface area contributed by atoms with Crippen LogP contribution >= 0.6 is 11.6 Å². The second-order valence-corrected chi connectivity index (χ2v) is 6.10. The van der Waals surface area contributed by atoms with Gasteiger partial charge in [-0.3, -0.25) is 4.79 Å². The summed E-state index contributed by atoms with van der Waals surface area (Å²) in [6.45, 7) is 0. The van der Waals surface area contributed by atoms with Crippen LogP contribution in [0.3, 0.4) is 0 Å². The quantitative estimate of drug-likeness (QED) is 0.598. The Labute approximate surface area is 147 Å². The van der Waals surface area contributed by atoms with E-state index >= 15 is 0 Å². The number of hydrogen-bond acceptors (Lipinski definition) is 1. The number of halogens is 4. The lowest BCUT2D eigenvalue weighted by atomic mass is 10.00. The van der Waals surface area contributed by atoms with Crippen molar-refractivity contribution >= 4 is 11.6 Å². The van der Waals surface area contributed by atoms with Crippen molar-refractivity contribution in [2.45, 2.75) is 6.18 Å². The van der Waals surface area contributed by atoms with Crippen LogP contribution in [0.15, 0.2) is 65.7 Å². The highest BCUT2D eigenvalue weighted by Crippen LogP contribution is 2.31. The van der Waals surface area contributed by atoms with E-state index in [9.17, 15) is 18.0 Å². The van der Waals surface area contributed by atoms with Gasteiger partial charge in [0.25, 0.3) is 0 Å². The SMILES string of the molecule is Cn1cc(-c2ccc(C(F)(F)F)cc2)c(=O)c(-c2cccc(Cl)c2)c1. The summed E-state index contributed by atoms with van der Waals surface area (Å²) in [4.78, 5) is 12.8. The van der Waals surface area contributed by atoms with Crippen molar-refractivity contribution in [1.82, 2.24) is 4.57 Å². The largest absolute Gasteiger partial charge is 0.416 e. The number of alkyl halides is 3. The molecule has 3 aromatic rings. The fourth-order valence-corrected chi connectivity index (χ4v) is 2.80. The van der Waals surface area contributed by atoms with E-state index in [1.54, 1.807) is 48.3 Å². The van der Waals surface area contributed by atoms with E-state index in [0.717, 1.165) is 12.1 Å². The highest BCUT2D eigenvalue weighted by atomic mass is 35.5. The van der Waals surface area contributed by atoms with Gasteiger partial charge in [-0.15, -0.1) is 0 Å². The Hall–Kier alpha value is -2.53. The Kier molecular flexibility index (Phi) is 4.43. The molecule has 0 saturated carbocycles. The molecule has 0 saturated heterocycles. The van der Waals surface area contributed by atoms with E-state index < -0.39 is 11.7 Å². The first-order valence-corrected chi connectivity index (χ1v) is 7.77. The molecule has 0 unspecified atom stereocenters. The van der Waals surface area contributed by atoms with Crippen molar-refractivity contribution in [3.05, 3.63) is 81.7 Å². The summed E-state index contributed by atoms with van der Waals surface area (Å²) in [7, 11) is 1.75. The number of pyridine rings is 1. The monoisotopic (exact) mass is 363 g/mol. The molecule has 25 heavy (non-hydrogen) atoms. The van der Waals surface area contributed by atoms with Crippen LogP contribution in [0.2, 0.25) is 5.02 Å². The third kappa shape index (κ3) is 3.61. The maximum atomic E-state index is 12.8. The van der Waals surface area contributed by atoms with Gasteiger partial charge in [0.2, 0.25) is 0 Å². The Morgan fingerprint density at radius 1 is 0.920 bits per heavy atom. The van der Waals surface area contributed by atoms with Crippen LogP contribution in [0.4, 0.5) is 13.2 Å². The molecule has 0 atom stereocenters. The van der Waals surface area contributed by atoms with Crippen LogP contribution in [0, 0.1) is 0 Å². The van der Waals surface area contributed by atoms with Crippen molar-refractivity contribution < 1.29 is 13.2 Å². The third-order valence-electron chi connectivity index (χ3n) is 3.81. The number of nitrogens with zero attached hydrogens (tertiary/aromatic N) is 1. The summed E-state index contributed by atoms with van der Waals surface area (Å²) in [6, 6.07) is 11.4. The van der Waals surface area contributed by atoms with Gasteiger partial charge in [-0.2, -0.15) is 13.2 Å². The highest BCUT2D eigenvalue weighted by Gasteiger charge is 2.30. The molecular weight excluding hydrogens is 351 g/mol. The maximum Gasteiger partial charge on any atom is 0.416 e. The lowest BCUT2D eigenvalue weighted by molar-refractivity contribution is -0.137. The zero-order valence-corrected chi connectivity index (χ0v) is 13.9. The van der Waals surface area contributed by atoms with Crippen molar-refractivity contribution in [2.75, 3.05) is 0 Å². The predicted molar refractivity (Wildman–Crippen MR) is 92.6 cm³/mol. The number of aromatic nitrogens is 1. The van der Waals surface area contributed by atoms with Gasteiger partial charge in [0, 0.05) is 35.6 Å². The van der Waals surface area contributed by atoms with Gasteiger partial charge in [-0.1, -0.05) is 35.9 Å². The Balaban J connectivity index is 2.13. The third-order valence-corrected chi connectivity index (χ3v) is 4.05. The first-order valence-electron chi connectivity index (χ1n) is 7.39. The first kappa shape index (κ1) is 17.3. The smallest absolute Gasteiger partial charge is 0.356 e. The van der Waals surface area contributed by atoms with Gasteiger partial charge in [0.1, 0.15) is 0 Å². The summed E-state index contributed by atoms with van der Waals surface area (Å²) >= 11 is 5.99. The van der Waals surface area contributed by atoms with Gasteiger partial charge in [0.15, 0.2) is 5.43 Å². The number of benzene rings is 2. The van der Waals surface area contributed by atoms with Gasteiger partial charge in [0.05, 0.1) is 5.56 Å². The Morgan fingerprint density at radius 2 is 1.52 bits per heavy atom. The minimum Gasteiger partial charge on any atom is -0.356 e. The first-order chi connectivity index (χ1) is 11.8. The average Bonchev–Trinajstić information content (AvgIpc) is 2.56. The van der Waals surface area contributed by atoms with Crippen LogP contribution < -0.4 is 5.43 Å². The molecule has 6 heteroatoms. The highest BCUT2D eigenvalue weighted by molar-refractivity contribution is 6.30. The van der Waals surface area contributed by atoms with E-state index in [1.165, 1.54) is 12.1 Å². The summed E-state index contributed by atoms with van der Waals surface area (Å²) < 4.78 is 39.8. The molecule has 1 aromatic heterocycles. The lowest BCUT2D eigenvalue weighted by Crippen LogP contribution is -2.12. The second-order valence-electron chi connectivity index (χ2n) is 5.67. The molecule has 0 radical (unpaired) electrons. The zero-order chi connectivity index (χ0) is 18.2. The van der Waals surface area contributed by atoms with E-state index in [0.29, 0.717) is 27.3 Å². The number of rotatable bonds is 2. The zero-order valence-electron chi connectivity index (χ0n) is 13.1. The topological polar surface area (TPSA) is 22.0 Å². The molecule has 3 rings (SSSR count). The molecule has 2 aromatic carbocycles. The normalized spacial score (nSPS) is 11.6. The maximum absolute atomic E-state index is 12.8. The molecule has 0 amide bonds. The summed E-state index contributed by atoms with van der Waals surface area (Å²) in [6.07, 6.45) is -1.15. The molecule has 0 fully saturated rings. The minimum atomic E-state index is -4.41. The average molecular weight is 364 g/mol. The summed E-state index contributed by atoms with van der Waals surface area (Å²) in [5.74, 6) is 0. The molecule has 0 spiro atoms. The molecule has 0 bridgehead atoms. The number of aryl methyl sites for hydroxylation is 1. The van der Waals surface area contributed by atoms with Crippen LogP contribution in [-0.4, -0.2) is 4.57 Å². The van der Waals surface area contributed by atoms with Crippen LogP contribution in [0.1, 0.15) is 5.56 Å². The molecular formula is C19H13ClF3NO. The number of hydrogen-bond donors (Lipinski definition) is 0. The fourth-order valence-electron chi connectivity index (χ4n) is 2.61. The second kappa shape index (κ2) is 6.41. The minimum absolute atomic E-state index is 0.264. The molecule has 128 valence electrons. The molecule has 0 aliphatic carbocycles. The fraction of sp³-hybridized carbons (Fsp3) is 0.105. The predicted octanol–water partition coefficient (Wildman–Crippen LogP) is 5.39. The van der Waals surface area contributed by atoms with Gasteiger partial charge in [-0.05, 0) is 35.4 Å². The van der Waals surface area contributed by atoms with Crippen molar-refractivity contribution in [3.8, 4) is 22.3 Å². The molecule has 2 nitrogen and oxygen atoms in total. The summed E-state index contributed by atoms with van der Waals surface area (Å²) in [5, 5.41) is 0.500. The van der Waals surface area contributed by atoms with Gasteiger partial charge >= 0.3 is 6.18 Å². The van der Waals surface area contributed by atoms with E-state index in [1.807, 2.05) is 0 Å². The lowest BCUT2D eigenvalue weighted by Gasteiger charge is -2.11. The summed E-state index contributed by atoms with van der Waals surface area (Å²) in [5.41, 5.74) is 0.828.